The van der Waals surface area contributed by atoms with Crippen LogP contribution in [0.3, 0.4) is 0 Å². The number of thiocarbonyl (C=S) groups is 1. The number of rotatable bonds is 3. The Kier molecular flexibility index (Phi) is 4.69. The molecule has 64 valence electrons. The van der Waals surface area contributed by atoms with E-state index in [0.29, 0.717) is 6.54 Å². The van der Waals surface area contributed by atoms with Crippen molar-refractivity contribution in [3.05, 3.63) is 12.2 Å². The van der Waals surface area contributed by atoms with Gasteiger partial charge in [-0.1, -0.05) is 0 Å². The van der Waals surface area contributed by atoms with Crippen LogP contribution in [-0.4, -0.2) is 23.6 Å². The Bertz CT molecular complexity index is 166. The summed E-state index contributed by atoms with van der Waals surface area (Å²) >= 11 is 4.59. The van der Waals surface area contributed by atoms with E-state index in [1.807, 2.05) is 0 Å². The van der Waals surface area contributed by atoms with Gasteiger partial charge in [0.15, 0.2) is 5.11 Å². The van der Waals surface area contributed by atoms with Gasteiger partial charge in [0.25, 0.3) is 6.08 Å². The largest absolute Gasteiger partial charge is 0.376 e. The topological polar surface area (TPSA) is 29.3 Å². The number of nitrogens with zero attached hydrogens (tertiary/aromatic N) is 1. The highest BCUT2D eigenvalue weighted by atomic mass is 32.1. The smallest absolute Gasteiger partial charge is 0.266 e. The molecule has 0 bridgehead atoms. The highest BCUT2D eigenvalue weighted by Crippen LogP contribution is 1.99. The SMILES string of the molecule is CN(CCC=C(F)F)C(N)=S. The van der Waals surface area contributed by atoms with Gasteiger partial charge in [-0.3, -0.25) is 0 Å². The molecule has 0 aliphatic carbocycles. The van der Waals surface area contributed by atoms with Gasteiger partial charge < -0.3 is 10.6 Å². The molecule has 0 aliphatic rings. The van der Waals surface area contributed by atoms with E-state index < -0.39 is 6.08 Å². The van der Waals surface area contributed by atoms with E-state index >= 15 is 0 Å². The van der Waals surface area contributed by atoms with Gasteiger partial charge in [0, 0.05) is 13.6 Å². The van der Waals surface area contributed by atoms with Gasteiger partial charge in [-0.05, 0) is 24.7 Å². The summed E-state index contributed by atoms with van der Waals surface area (Å²) in [6, 6.07) is 0. The van der Waals surface area contributed by atoms with Crippen LogP contribution in [-0.2, 0) is 0 Å². The maximum Gasteiger partial charge on any atom is 0.266 e. The van der Waals surface area contributed by atoms with Gasteiger partial charge in [0.1, 0.15) is 0 Å². The van der Waals surface area contributed by atoms with E-state index in [1.54, 1.807) is 7.05 Å². The molecule has 11 heavy (non-hydrogen) atoms. The lowest BCUT2D eigenvalue weighted by molar-refractivity contribution is 0.413. The Morgan fingerprint density at radius 3 is 2.55 bits per heavy atom. The average Bonchev–Trinajstić information content (AvgIpc) is 1.86. The third kappa shape index (κ3) is 5.72. The lowest BCUT2D eigenvalue weighted by Gasteiger charge is -2.14. The molecule has 0 saturated carbocycles. The van der Waals surface area contributed by atoms with E-state index in [0.717, 1.165) is 6.08 Å². The van der Waals surface area contributed by atoms with Gasteiger partial charge in [-0.15, -0.1) is 0 Å². The maximum absolute atomic E-state index is 11.5. The summed E-state index contributed by atoms with van der Waals surface area (Å²) in [5, 5.41) is 0.220. The first kappa shape index (κ1) is 10.3. The lowest BCUT2D eigenvalue weighted by atomic mass is 10.4. The van der Waals surface area contributed by atoms with Crippen molar-refractivity contribution in [2.45, 2.75) is 6.42 Å². The molecule has 0 unspecified atom stereocenters. The van der Waals surface area contributed by atoms with E-state index in [9.17, 15) is 8.78 Å². The molecule has 0 amide bonds. The van der Waals surface area contributed by atoms with Crippen molar-refractivity contribution in [1.82, 2.24) is 4.90 Å². The standard InChI is InChI=1S/C6H10F2N2S/c1-10(6(9)11)4-2-3-5(7)8/h3H,2,4H2,1H3,(H2,9,11). The summed E-state index contributed by atoms with van der Waals surface area (Å²) in [6.45, 7) is 0.423. The number of nitrogens with two attached hydrogens (primary N) is 1. The molecule has 0 saturated heterocycles. The van der Waals surface area contributed by atoms with Gasteiger partial charge >= 0.3 is 0 Å². The van der Waals surface area contributed by atoms with E-state index in [4.69, 9.17) is 5.73 Å². The first-order valence-electron chi connectivity index (χ1n) is 3.05. The molecular formula is C6H10F2N2S. The summed E-state index contributed by atoms with van der Waals surface area (Å²) in [4.78, 5) is 1.54. The monoisotopic (exact) mass is 180 g/mol. The molecule has 0 rings (SSSR count). The Hall–Kier alpha value is -0.710. The van der Waals surface area contributed by atoms with Crippen molar-refractivity contribution in [2.75, 3.05) is 13.6 Å². The van der Waals surface area contributed by atoms with Crippen LogP contribution in [0.1, 0.15) is 6.42 Å². The number of halogens is 2. The average molecular weight is 180 g/mol. The van der Waals surface area contributed by atoms with Crippen molar-refractivity contribution in [1.29, 1.82) is 0 Å². The second-order valence-corrected chi connectivity index (χ2v) is 2.46. The molecule has 0 fully saturated rings. The first-order chi connectivity index (χ1) is 5.04. The van der Waals surface area contributed by atoms with Crippen LogP contribution in [0.4, 0.5) is 8.78 Å². The zero-order valence-corrected chi connectivity index (χ0v) is 7.00. The molecule has 2 N–H and O–H groups in total. The Morgan fingerprint density at radius 2 is 2.18 bits per heavy atom. The van der Waals surface area contributed by atoms with E-state index in [-0.39, 0.29) is 11.5 Å². The van der Waals surface area contributed by atoms with Crippen LogP contribution in [0.2, 0.25) is 0 Å². The summed E-state index contributed by atoms with van der Waals surface area (Å²) in [5.41, 5.74) is 5.20. The molecule has 0 aromatic carbocycles. The quantitative estimate of drug-likeness (QED) is 0.664. The molecule has 0 radical (unpaired) electrons. The fourth-order valence-electron chi connectivity index (χ4n) is 0.478. The normalized spacial score (nSPS) is 9.00. The predicted molar refractivity (Wildman–Crippen MR) is 44.3 cm³/mol. The Morgan fingerprint density at radius 1 is 1.64 bits per heavy atom. The van der Waals surface area contributed by atoms with Gasteiger partial charge in [0.05, 0.1) is 0 Å². The van der Waals surface area contributed by atoms with Crippen LogP contribution in [0.25, 0.3) is 0 Å². The van der Waals surface area contributed by atoms with E-state index in [1.165, 1.54) is 4.90 Å². The van der Waals surface area contributed by atoms with Crippen LogP contribution < -0.4 is 5.73 Å². The van der Waals surface area contributed by atoms with Crippen molar-refractivity contribution < 1.29 is 8.78 Å². The molecule has 5 heteroatoms. The van der Waals surface area contributed by atoms with Crippen LogP contribution in [0.5, 0.6) is 0 Å². The third-order valence-corrected chi connectivity index (χ3v) is 1.45. The fraction of sp³-hybridized carbons (Fsp3) is 0.500. The van der Waals surface area contributed by atoms with Crippen molar-refractivity contribution in [3.63, 3.8) is 0 Å². The van der Waals surface area contributed by atoms with Crippen molar-refractivity contribution >= 4 is 17.3 Å². The van der Waals surface area contributed by atoms with Gasteiger partial charge in [-0.2, -0.15) is 8.78 Å². The molecule has 2 nitrogen and oxygen atoms in total. The molecule has 0 atom stereocenters. The highest BCUT2D eigenvalue weighted by Gasteiger charge is 1.97. The molecule has 0 heterocycles. The second kappa shape index (κ2) is 5.01. The summed E-state index contributed by atoms with van der Waals surface area (Å²) in [6.07, 6.45) is -0.563. The molecule has 0 aromatic heterocycles. The number of hydrogen-bond acceptors (Lipinski definition) is 1. The zero-order chi connectivity index (χ0) is 8.85. The Labute approximate surface area is 69.7 Å². The fourth-order valence-corrected chi connectivity index (χ4v) is 0.569. The maximum atomic E-state index is 11.5. The summed E-state index contributed by atoms with van der Waals surface area (Å²) < 4.78 is 22.9. The van der Waals surface area contributed by atoms with Gasteiger partial charge in [-0.25, -0.2) is 0 Å². The minimum absolute atomic E-state index is 0.220. The minimum atomic E-state index is -1.67. The molecular weight excluding hydrogens is 170 g/mol. The molecule has 0 spiro atoms. The number of hydrogen-bond donors (Lipinski definition) is 1. The zero-order valence-electron chi connectivity index (χ0n) is 6.18. The predicted octanol–water partition coefficient (Wildman–Crippen LogP) is 1.33. The summed E-state index contributed by atoms with van der Waals surface area (Å²) in [5.74, 6) is 0. The highest BCUT2D eigenvalue weighted by molar-refractivity contribution is 7.80. The van der Waals surface area contributed by atoms with Crippen LogP contribution >= 0.6 is 12.2 Å². The Balaban J connectivity index is 3.55. The van der Waals surface area contributed by atoms with Crippen LogP contribution in [0, 0.1) is 0 Å². The molecule has 0 aromatic rings. The summed E-state index contributed by atoms with van der Waals surface area (Å²) in [7, 11) is 1.66. The van der Waals surface area contributed by atoms with Gasteiger partial charge in [0.2, 0.25) is 0 Å². The second-order valence-electron chi connectivity index (χ2n) is 2.04. The van der Waals surface area contributed by atoms with Crippen molar-refractivity contribution in [2.24, 2.45) is 5.73 Å². The minimum Gasteiger partial charge on any atom is -0.376 e. The lowest BCUT2D eigenvalue weighted by Crippen LogP contribution is -2.32. The van der Waals surface area contributed by atoms with Crippen molar-refractivity contribution in [3.8, 4) is 0 Å². The molecule has 0 aliphatic heterocycles. The third-order valence-electron chi connectivity index (χ3n) is 1.14. The van der Waals surface area contributed by atoms with Crippen LogP contribution in [0.15, 0.2) is 12.2 Å². The first-order valence-corrected chi connectivity index (χ1v) is 3.46. The van der Waals surface area contributed by atoms with E-state index in [2.05, 4.69) is 12.2 Å².